The summed E-state index contributed by atoms with van der Waals surface area (Å²) in [6, 6.07) is 5.66. The minimum absolute atomic E-state index is 0. The monoisotopic (exact) mass is 372 g/mol. The smallest absolute Gasteiger partial charge is 0.308 e. The van der Waals surface area contributed by atoms with E-state index in [1.165, 1.54) is 6.92 Å². The molecule has 0 saturated carbocycles. The van der Waals surface area contributed by atoms with E-state index >= 15 is 0 Å². The van der Waals surface area contributed by atoms with Gasteiger partial charge in [0, 0.05) is 51.2 Å². The van der Waals surface area contributed by atoms with Crippen LogP contribution < -0.4 is 14.8 Å². The average Bonchev–Trinajstić information content (AvgIpc) is 2.56. The maximum Gasteiger partial charge on any atom is 0.308 e. The number of hydrogen-bond donors (Lipinski definition) is 2. The van der Waals surface area contributed by atoms with Crippen LogP contribution in [0.25, 0.3) is 0 Å². The van der Waals surface area contributed by atoms with Gasteiger partial charge in [0.05, 0.1) is 7.11 Å². The number of carbonyl (C=O) groups excluding carboxylic acids is 1. The topological polar surface area (TPSA) is 71.0 Å². The van der Waals surface area contributed by atoms with Crippen LogP contribution in [-0.2, 0) is 4.79 Å². The molecule has 142 valence electrons. The standard InChI is InChI=1S/C18H28N2O4.ClH/c1-13(22)24-15-6-5-14(11-16(15)23-4)17(18(2,3)12-21)20-9-7-19-8-10-20;/h5-6,11,17,19,21H,7-10,12H2,1-4H3;1H/t17-;/m1./s1. The molecule has 2 rings (SSSR count). The van der Waals surface area contributed by atoms with Crippen molar-refractivity contribution in [2.45, 2.75) is 26.8 Å². The van der Waals surface area contributed by atoms with Gasteiger partial charge >= 0.3 is 5.97 Å². The highest BCUT2D eigenvalue weighted by Crippen LogP contribution is 2.41. The van der Waals surface area contributed by atoms with Gasteiger partial charge in [-0.2, -0.15) is 0 Å². The van der Waals surface area contributed by atoms with Crippen LogP contribution in [0.5, 0.6) is 11.5 Å². The van der Waals surface area contributed by atoms with Crippen LogP contribution in [0, 0.1) is 5.41 Å². The number of methoxy groups -OCH3 is 1. The normalized spacial score (nSPS) is 16.7. The van der Waals surface area contributed by atoms with Crippen molar-refractivity contribution in [2.75, 3.05) is 39.9 Å². The SMILES string of the molecule is COc1cc([C@@H](N2CCNCC2)C(C)(C)CO)ccc1OC(C)=O.Cl. The highest BCUT2D eigenvalue weighted by Gasteiger charge is 2.36. The highest BCUT2D eigenvalue weighted by atomic mass is 35.5. The second-order valence-corrected chi connectivity index (χ2v) is 6.84. The predicted molar refractivity (Wildman–Crippen MR) is 99.6 cm³/mol. The number of nitrogens with one attached hydrogen (secondary N) is 1. The number of aliphatic hydroxyl groups excluding tert-OH is 1. The van der Waals surface area contributed by atoms with Crippen LogP contribution in [0.2, 0.25) is 0 Å². The first kappa shape index (κ1) is 21.7. The Kier molecular flexibility index (Phi) is 8.15. The molecule has 6 nitrogen and oxygen atoms in total. The summed E-state index contributed by atoms with van der Waals surface area (Å²) in [5.74, 6) is 0.557. The lowest BCUT2D eigenvalue weighted by Gasteiger charge is -2.43. The molecule has 0 amide bonds. The number of hydrogen-bond acceptors (Lipinski definition) is 6. The van der Waals surface area contributed by atoms with Crippen LogP contribution >= 0.6 is 12.4 Å². The molecule has 1 aliphatic heterocycles. The van der Waals surface area contributed by atoms with E-state index in [0.29, 0.717) is 11.5 Å². The zero-order valence-electron chi connectivity index (χ0n) is 15.4. The van der Waals surface area contributed by atoms with Gasteiger partial charge < -0.3 is 19.9 Å². The van der Waals surface area contributed by atoms with Crippen LogP contribution in [0.15, 0.2) is 18.2 Å². The number of benzene rings is 1. The maximum absolute atomic E-state index is 11.2. The third-order valence-corrected chi connectivity index (χ3v) is 4.42. The Morgan fingerprint density at radius 3 is 2.48 bits per heavy atom. The van der Waals surface area contributed by atoms with Crippen LogP contribution in [-0.4, -0.2) is 55.9 Å². The lowest BCUT2D eigenvalue weighted by Crippen LogP contribution is -2.49. The zero-order valence-corrected chi connectivity index (χ0v) is 16.2. The number of halogens is 1. The summed E-state index contributed by atoms with van der Waals surface area (Å²) in [6.45, 7) is 9.27. The van der Waals surface area contributed by atoms with E-state index in [1.54, 1.807) is 13.2 Å². The van der Waals surface area contributed by atoms with Crippen molar-refractivity contribution in [2.24, 2.45) is 5.41 Å². The van der Waals surface area contributed by atoms with E-state index < -0.39 is 0 Å². The molecule has 1 aromatic carbocycles. The van der Waals surface area contributed by atoms with E-state index in [2.05, 4.69) is 24.1 Å². The molecule has 0 aromatic heterocycles. The van der Waals surface area contributed by atoms with Crippen molar-refractivity contribution >= 4 is 18.4 Å². The molecule has 0 aliphatic carbocycles. The van der Waals surface area contributed by atoms with E-state index in [1.807, 2.05) is 12.1 Å². The van der Waals surface area contributed by atoms with E-state index in [4.69, 9.17) is 9.47 Å². The van der Waals surface area contributed by atoms with Crippen molar-refractivity contribution in [1.29, 1.82) is 0 Å². The van der Waals surface area contributed by atoms with Gasteiger partial charge in [0.25, 0.3) is 0 Å². The molecule has 1 heterocycles. The third kappa shape index (κ3) is 5.31. The van der Waals surface area contributed by atoms with Gasteiger partial charge in [-0.3, -0.25) is 9.69 Å². The summed E-state index contributed by atoms with van der Waals surface area (Å²) in [6.07, 6.45) is 0. The fourth-order valence-corrected chi connectivity index (χ4v) is 3.28. The van der Waals surface area contributed by atoms with Gasteiger partial charge in [-0.25, -0.2) is 0 Å². The predicted octanol–water partition coefficient (Wildman–Crippen LogP) is 2.01. The first-order chi connectivity index (χ1) is 11.4. The largest absolute Gasteiger partial charge is 0.493 e. The van der Waals surface area contributed by atoms with Crippen LogP contribution in [0.3, 0.4) is 0 Å². The van der Waals surface area contributed by atoms with Gasteiger partial charge in [0.1, 0.15) is 0 Å². The maximum atomic E-state index is 11.2. The first-order valence-electron chi connectivity index (χ1n) is 8.31. The minimum atomic E-state index is -0.379. The first-order valence-corrected chi connectivity index (χ1v) is 8.31. The quantitative estimate of drug-likeness (QED) is 0.588. The van der Waals surface area contributed by atoms with Crippen molar-refractivity contribution in [3.05, 3.63) is 23.8 Å². The molecule has 0 spiro atoms. The Balaban J connectivity index is 0.00000312. The number of nitrogens with zero attached hydrogens (tertiary/aromatic N) is 1. The minimum Gasteiger partial charge on any atom is -0.493 e. The number of rotatable bonds is 6. The number of ether oxygens (including phenoxy) is 2. The molecule has 1 aliphatic rings. The number of aliphatic hydroxyl groups is 1. The van der Waals surface area contributed by atoms with E-state index in [0.717, 1.165) is 31.7 Å². The second kappa shape index (κ2) is 9.38. The van der Waals surface area contributed by atoms with Crippen molar-refractivity contribution in [1.82, 2.24) is 10.2 Å². The lowest BCUT2D eigenvalue weighted by atomic mass is 9.79. The van der Waals surface area contributed by atoms with Crippen molar-refractivity contribution in [3.8, 4) is 11.5 Å². The zero-order chi connectivity index (χ0) is 17.7. The third-order valence-electron chi connectivity index (χ3n) is 4.42. The molecular formula is C18H29ClN2O4. The van der Waals surface area contributed by atoms with E-state index in [-0.39, 0.29) is 36.4 Å². The van der Waals surface area contributed by atoms with Gasteiger partial charge in [-0.15, -0.1) is 12.4 Å². The molecule has 1 fully saturated rings. The van der Waals surface area contributed by atoms with Crippen molar-refractivity contribution < 1.29 is 19.4 Å². The molecule has 0 radical (unpaired) electrons. The Morgan fingerprint density at radius 2 is 1.96 bits per heavy atom. The lowest BCUT2D eigenvalue weighted by molar-refractivity contribution is -0.132. The van der Waals surface area contributed by atoms with Gasteiger partial charge in [0.2, 0.25) is 0 Å². The summed E-state index contributed by atoms with van der Waals surface area (Å²) in [5, 5.41) is 13.3. The average molecular weight is 373 g/mol. The molecule has 0 bridgehead atoms. The highest BCUT2D eigenvalue weighted by molar-refractivity contribution is 5.85. The molecular weight excluding hydrogens is 344 g/mol. The number of carbonyl (C=O) groups is 1. The summed E-state index contributed by atoms with van der Waals surface area (Å²) in [7, 11) is 1.56. The fraction of sp³-hybridized carbons (Fsp3) is 0.611. The Bertz CT molecular complexity index is 574. The van der Waals surface area contributed by atoms with Gasteiger partial charge in [-0.05, 0) is 17.7 Å². The molecule has 0 unspecified atom stereocenters. The van der Waals surface area contributed by atoms with Gasteiger partial charge in [0.15, 0.2) is 11.5 Å². The Labute approximate surface area is 155 Å². The molecule has 25 heavy (non-hydrogen) atoms. The number of piperazine rings is 1. The molecule has 1 saturated heterocycles. The fourth-order valence-electron chi connectivity index (χ4n) is 3.28. The number of esters is 1. The summed E-state index contributed by atoms with van der Waals surface area (Å²) >= 11 is 0. The van der Waals surface area contributed by atoms with Crippen LogP contribution in [0.4, 0.5) is 0 Å². The molecule has 2 N–H and O–H groups in total. The van der Waals surface area contributed by atoms with E-state index in [9.17, 15) is 9.90 Å². The van der Waals surface area contributed by atoms with Gasteiger partial charge in [-0.1, -0.05) is 19.9 Å². The summed E-state index contributed by atoms with van der Waals surface area (Å²) in [4.78, 5) is 13.6. The summed E-state index contributed by atoms with van der Waals surface area (Å²) in [5.41, 5.74) is 0.731. The van der Waals surface area contributed by atoms with Crippen molar-refractivity contribution in [3.63, 3.8) is 0 Å². The molecule has 7 heteroatoms. The Hall–Kier alpha value is -1.34. The second-order valence-electron chi connectivity index (χ2n) is 6.84. The molecule has 1 aromatic rings. The Morgan fingerprint density at radius 1 is 1.32 bits per heavy atom. The molecule has 1 atom stereocenters. The summed E-state index contributed by atoms with van der Waals surface area (Å²) < 4.78 is 10.6. The van der Waals surface area contributed by atoms with Crippen LogP contribution in [0.1, 0.15) is 32.4 Å².